The first kappa shape index (κ1) is 16.7. The van der Waals surface area contributed by atoms with Crippen molar-refractivity contribution in [3.63, 3.8) is 0 Å². The van der Waals surface area contributed by atoms with E-state index in [9.17, 15) is 4.79 Å². The highest BCUT2D eigenvalue weighted by molar-refractivity contribution is 5.68. The second-order valence-electron chi connectivity index (χ2n) is 7.31. The minimum Gasteiger partial charge on any atom is -0.454 e. The molecule has 0 saturated carbocycles. The van der Waals surface area contributed by atoms with Crippen molar-refractivity contribution < 1.29 is 19.0 Å². The second-order valence-corrected chi connectivity index (χ2v) is 7.31. The van der Waals surface area contributed by atoms with E-state index in [0.717, 1.165) is 43.0 Å². The summed E-state index contributed by atoms with van der Waals surface area (Å²) >= 11 is 0. The summed E-state index contributed by atoms with van der Waals surface area (Å²) in [6.07, 6.45) is 2.66. The van der Waals surface area contributed by atoms with Gasteiger partial charge in [-0.15, -0.1) is 0 Å². The third-order valence-corrected chi connectivity index (χ3v) is 4.12. The van der Waals surface area contributed by atoms with E-state index in [0.29, 0.717) is 12.6 Å². The molecule has 1 atom stereocenters. The first-order chi connectivity index (χ1) is 11.4. The van der Waals surface area contributed by atoms with Crippen molar-refractivity contribution in [3.8, 4) is 11.5 Å². The number of benzene rings is 1. The molecule has 6 heteroatoms. The van der Waals surface area contributed by atoms with Gasteiger partial charge in [-0.1, -0.05) is 0 Å². The number of hydrogen-bond donors (Lipinski definition) is 1. The van der Waals surface area contributed by atoms with Crippen LogP contribution in [0, 0.1) is 0 Å². The van der Waals surface area contributed by atoms with E-state index in [1.807, 2.05) is 43.9 Å². The molecule has 6 nitrogen and oxygen atoms in total. The number of amides is 1. The summed E-state index contributed by atoms with van der Waals surface area (Å²) in [6, 6.07) is 6.23. The second kappa shape index (κ2) is 6.79. The number of ether oxygens (including phenoxy) is 3. The van der Waals surface area contributed by atoms with Crippen molar-refractivity contribution in [3.05, 3.63) is 18.2 Å². The summed E-state index contributed by atoms with van der Waals surface area (Å²) in [7, 11) is 0. The predicted molar refractivity (Wildman–Crippen MR) is 91.6 cm³/mol. The first-order valence-electron chi connectivity index (χ1n) is 8.55. The first-order valence-corrected chi connectivity index (χ1v) is 8.55. The van der Waals surface area contributed by atoms with Crippen LogP contribution in [0.25, 0.3) is 0 Å². The Balaban J connectivity index is 1.55. The lowest BCUT2D eigenvalue weighted by molar-refractivity contribution is 0.0256. The Morgan fingerprint density at radius 1 is 1.21 bits per heavy atom. The Bertz CT molecular complexity index is 597. The Labute approximate surface area is 143 Å². The lowest BCUT2D eigenvalue weighted by atomic mass is 10.1. The van der Waals surface area contributed by atoms with Gasteiger partial charge >= 0.3 is 6.09 Å². The molecule has 0 spiro atoms. The SMILES string of the molecule is CC(C)(C)OC(=O)N1CCCC(Nc2ccc3c(c2)OCO3)CC1. The van der Waals surface area contributed by atoms with Gasteiger partial charge < -0.3 is 24.4 Å². The molecule has 1 unspecified atom stereocenters. The number of carbonyl (C=O) groups is 1. The summed E-state index contributed by atoms with van der Waals surface area (Å²) in [4.78, 5) is 14.0. The topological polar surface area (TPSA) is 60.0 Å². The van der Waals surface area contributed by atoms with E-state index in [1.54, 1.807) is 0 Å². The minimum absolute atomic E-state index is 0.216. The zero-order valence-electron chi connectivity index (χ0n) is 14.6. The molecule has 0 radical (unpaired) electrons. The van der Waals surface area contributed by atoms with Gasteiger partial charge in [-0.25, -0.2) is 4.79 Å². The third-order valence-electron chi connectivity index (χ3n) is 4.12. The van der Waals surface area contributed by atoms with Crippen molar-refractivity contribution in [1.29, 1.82) is 0 Å². The van der Waals surface area contributed by atoms with Crippen LogP contribution in [0.1, 0.15) is 40.0 Å². The van der Waals surface area contributed by atoms with E-state index in [-0.39, 0.29) is 12.9 Å². The van der Waals surface area contributed by atoms with Crippen LogP contribution in [0.2, 0.25) is 0 Å². The summed E-state index contributed by atoms with van der Waals surface area (Å²) in [6.45, 7) is 7.42. The standard InChI is InChI=1S/C18H26N2O4/c1-18(2,3)24-17(21)20-9-4-5-13(8-10-20)19-14-6-7-15-16(11-14)23-12-22-15/h6-7,11,13,19H,4-5,8-10,12H2,1-3H3. The summed E-state index contributed by atoms with van der Waals surface area (Å²) in [5.74, 6) is 1.57. The maximum absolute atomic E-state index is 12.2. The number of nitrogens with zero attached hydrogens (tertiary/aromatic N) is 1. The average molecular weight is 334 g/mol. The lowest BCUT2D eigenvalue weighted by Crippen LogP contribution is -2.37. The number of likely N-dealkylation sites (tertiary alicyclic amines) is 1. The fraction of sp³-hybridized carbons (Fsp3) is 0.611. The number of anilines is 1. The van der Waals surface area contributed by atoms with Gasteiger partial charge in [-0.3, -0.25) is 0 Å². The highest BCUT2D eigenvalue weighted by atomic mass is 16.7. The number of nitrogens with one attached hydrogen (secondary N) is 1. The highest BCUT2D eigenvalue weighted by Gasteiger charge is 2.25. The molecule has 1 aromatic carbocycles. The van der Waals surface area contributed by atoms with Crippen LogP contribution in [-0.2, 0) is 4.74 Å². The average Bonchev–Trinajstić information content (AvgIpc) is 2.83. The fourth-order valence-corrected chi connectivity index (χ4v) is 2.97. The molecule has 1 fully saturated rings. The zero-order valence-corrected chi connectivity index (χ0v) is 14.6. The van der Waals surface area contributed by atoms with Gasteiger partial charge in [-0.05, 0) is 52.2 Å². The molecular weight excluding hydrogens is 308 g/mol. The predicted octanol–water partition coefficient (Wildman–Crippen LogP) is 3.62. The Hall–Kier alpha value is -2.11. The normalized spacial score (nSPS) is 20.5. The number of fused-ring (bicyclic) bond motifs is 1. The van der Waals surface area contributed by atoms with Gasteiger partial charge in [0.15, 0.2) is 11.5 Å². The van der Waals surface area contributed by atoms with Gasteiger partial charge in [0.1, 0.15) is 5.60 Å². The zero-order chi connectivity index (χ0) is 17.2. The Kier molecular flexibility index (Phi) is 4.73. The molecule has 0 aliphatic carbocycles. The van der Waals surface area contributed by atoms with Crippen LogP contribution in [-0.4, -0.2) is 42.5 Å². The molecular formula is C18H26N2O4. The molecule has 1 amide bonds. The molecule has 1 N–H and O–H groups in total. The molecule has 3 rings (SSSR count). The monoisotopic (exact) mass is 334 g/mol. The summed E-state index contributed by atoms with van der Waals surface area (Å²) < 4.78 is 16.2. The van der Waals surface area contributed by atoms with Crippen LogP contribution in [0.4, 0.5) is 10.5 Å². The quantitative estimate of drug-likeness (QED) is 0.895. The van der Waals surface area contributed by atoms with E-state index in [1.165, 1.54) is 0 Å². The van der Waals surface area contributed by atoms with Crippen molar-refractivity contribution in [2.24, 2.45) is 0 Å². The number of hydrogen-bond acceptors (Lipinski definition) is 5. The number of rotatable bonds is 2. The number of carbonyl (C=O) groups excluding carboxylic acids is 1. The molecule has 0 aromatic heterocycles. The smallest absolute Gasteiger partial charge is 0.410 e. The van der Waals surface area contributed by atoms with Crippen LogP contribution in [0.5, 0.6) is 11.5 Å². The summed E-state index contributed by atoms with van der Waals surface area (Å²) in [5, 5.41) is 3.54. The van der Waals surface area contributed by atoms with Crippen LogP contribution in [0.15, 0.2) is 18.2 Å². The largest absolute Gasteiger partial charge is 0.454 e. The third kappa shape index (κ3) is 4.24. The Morgan fingerprint density at radius 3 is 2.79 bits per heavy atom. The van der Waals surface area contributed by atoms with Crippen LogP contribution in [0.3, 0.4) is 0 Å². The van der Waals surface area contributed by atoms with Gasteiger partial charge in [-0.2, -0.15) is 0 Å². The van der Waals surface area contributed by atoms with E-state index in [2.05, 4.69) is 5.32 Å². The fourth-order valence-electron chi connectivity index (χ4n) is 2.97. The highest BCUT2D eigenvalue weighted by Crippen LogP contribution is 2.34. The maximum Gasteiger partial charge on any atom is 0.410 e. The van der Waals surface area contributed by atoms with E-state index in [4.69, 9.17) is 14.2 Å². The molecule has 1 saturated heterocycles. The van der Waals surface area contributed by atoms with Gasteiger partial charge in [0.05, 0.1) is 0 Å². The minimum atomic E-state index is -0.451. The molecule has 2 heterocycles. The van der Waals surface area contributed by atoms with Gasteiger partial charge in [0, 0.05) is 30.9 Å². The molecule has 24 heavy (non-hydrogen) atoms. The van der Waals surface area contributed by atoms with Crippen molar-refractivity contribution in [2.75, 3.05) is 25.2 Å². The van der Waals surface area contributed by atoms with E-state index < -0.39 is 5.60 Å². The van der Waals surface area contributed by atoms with Crippen molar-refractivity contribution >= 4 is 11.8 Å². The Morgan fingerprint density at radius 2 is 2.00 bits per heavy atom. The maximum atomic E-state index is 12.2. The molecule has 0 bridgehead atoms. The molecule has 1 aromatic rings. The summed E-state index contributed by atoms with van der Waals surface area (Å²) in [5.41, 5.74) is 0.572. The molecule has 2 aliphatic heterocycles. The van der Waals surface area contributed by atoms with Gasteiger partial charge in [0.2, 0.25) is 6.79 Å². The van der Waals surface area contributed by atoms with E-state index >= 15 is 0 Å². The lowest BCUT2D eigenvalue weighted by Gasteiger charge is -2.26. The van der Waals surface area contributed by atoms with Crippen molar-refractivity contribution in [1.82, 2.24) is 4.90 Å². The van der Waals surface area contributed by atoms with Crippen molar-refractivity contribution in [2.45, 2.75) is 51.7 Å². The van der Waals surface area contributed by atoms with Crippen LogP contribution >= 0.6 is 0 Å². The molecule has 132 valence electrons. The van der Waals surface area contributed by atoms with Crippen LogP contribution < -0.4 is 14.8 Å². The van der Waals surface area contributed by atoms with Gasteiger partial charge in [0.25, 0.3) is 0 Å². The molecule has 2 aliphatic rings.